The van der Waals surface area contributed by atoms with E-state index < -0.39 is 0 Å². The monoisotopic (exact) mass is 420 g/mol. The third-order valence-electron chi connectivity index (χ3n) is 5.99. The summed E-state index contributed by atoms with van der Waals surface area (Å²) < 4.78 is 7.36. The van der Waals surface area contributed by atoms with Crippen molar-refractivity contribution in [3.8, 4) is 16.9 Å². The van der Waals surface area contributed by atoms with Gasteiger partial charge < -0.3 is 9.64 Å². The van der Waals surface area contributed by atoms with E-state index >= 15 is 0 Å². The summed E-state index contributed by atoms with van der Waals surface area (Å²) >= 11 is 0. The van der Waals surface area contributed by atoms with Crippen molar-refractivity contribution in [1.29, 1.82) is 0 Å². The Labute approximate surface area is 184 Å². The summed E-state index contributed by atoms with van der Waals surface area (Å²) in [6.45, 7) is 5.10. The lowest BCUT2D eigenvalue weighted by atomic mass is 9.89. The molecule has 1 aliphatic heterocycles. The van der Waals surface area contributed by atoms with Gasteiger partial charge in [0.2, 0.25) is 5.95 Å². The Kier molecular flexibility index (Phi) is 6.23. The predicted molar refractivity (Wildman–Crippen MR) is 124 cm³/mol. The van der Waals surface area contributed by atoms with Crippen molar-refractivity contribution in [3.05, 3.63) is 53.6 Å². The Morgan fingerprint density at radius 1 is 1.26 bits per heavy atom. The van der Waals surface area contributed by atoms with Crippen LogP contribution in [0, 0.1) is 6.92 Å². The second-order valence-electron chi connectivity index (χ2n) is 8.58. The fourth-order valence-corrected chi connectivity index (χ4v) is 4.39. The van der Waals surface area contributed by atoms with Crippen molar-refractivity contribution < 1.29 is 4.74 Å². The second kappa shape index (κ2) is 9.06. The van der Waals surface area contributed by atoms with Crippen LogP contribution in [0.1, 0.15) is 35.7 Å². The lowest BCUT2D eigenvalue weighted by Crippen LogP contribution is -2.34. The number of aromatic nitrogens is 4. The molecule has 1 aliphatic rings. The number of likely N-dealkylation sites (tertiary alicyclic amines) is 1. The Hall–Kier alpha value is -2.93. The van der Waals surface area contributed by atoms with Gasteiger partial charge in [-0.2, -0.15) is 5.10 Å². The van der Waals surface area contributed by atoms with Crippen LogP contribution in [0.4, 0.5) is 5.95 Å². The zero-order chi connectivity index (χ0) is 22.0. The van der Waals surface area contributed by atoms with Crippen LogP contribution < -0.4 is 9.64 Å². The van der Waals surface area contributed by atoms with Gasteiger partial charge in [0, 0.05) is 63.7 Å². The van der Waals surface area contributed by atoms with Gasteiger partial charge in [0.15, 0.2) is 0 Å². The molecule has 3 aromatic rings. The molecule has 0 N–H and O–H groups in total. The fourth-order valence-electron chi connectivity index (χ4n) is 4.39. The van der Waals surface area contributed by atoms with E-state index in [0.29, 0.717) is 5.92 Å². The Morgan fingerprint density at radius 3 is 2.81 bits per heavy atom. The molecular weight excluding hydrogens is 388 g/mol. The number of benzene rings is 1. The van der Waals surface area contributed by atoms with Gasteiger partial charge >= 0.3 is 0 Å². The first-order valence-corrected chi connectivity index (χ1v) is 10.8. The zero-order valence-corrected chi connectivity index (χ0v) is 19.2. The smallest absolute Gasteiger partial charge is 0.225 e. The highest BCUT2D eigenvalue weighted by atomic mass is 16.5. The normalized spacial score (nSPS) is 17.0. The third kappa shape index (κ3) is 4.71. The van der Waals surface area contributed by atoms with Crippen molar-refractivity contribution in [2.24, 2.45) is 7.05 Å². The standard InChI is InChI=1S/C24H32N6O/c1-17-20(14-29(4)27-17)16-30-11-7-9-19(15-30)23-22(13-25-24(26-23)28(2)3)18-8-6-10-21(12-18)31-5/h6,8,10,12-14,19H,7,9,11,15-16H2,1-5H3/t19-/m0/s1. The average Bonchev–Trinajstić information content (AvgIpc) is 3.09. The quantitative estimate of drug-likeness (QED) is 0.607. The number of hydrogen-bond donors (Lipinski definition) is 0. The molecule has 0 unspecified atom stereocenters. The number of piperidine rings is 1. The van der Waals surface area contributed by atoms with Crippen LogP contribution in [-0.4, -0.2) is 58.9 Å². The molecular formula is C24H32N6O. The number of nitrogens with zero attached hydrogens (tertiary/aromatic N) is 6. The number of hydrogen-bond acceptors (Lipinski definition) is 6. The molecule has 1 atom stereocenters. The summed E-state index contributed by atoms with van der Waals surface area (Å²) in [5, 5.41) is 4.51. The molecule has 1 aromatic carbocycles. The number of ether oxygens (including phenoxy) is 1. The van der Waals surface area contributed by atoms with Crippen molar-refractivity contribution in [3.63, 3.8) is 0 Å². The van der Waals surface area contributed by atoms with Crippen molar-refractivity contribution in [2.45, 2.75) is 32.2 Å². The SMILES string of the molecule is COc1cccc(-c2cnc(N(C)C)nc2[C@H]2CCCN(Cc3cn(C)nc3C)C2)c1. The van der Waals surface area contributed by atoms with E-state index in [4.69, 9.17) is 9.72 Å². The van der Waals surface area contributed by atoms with Crippen LogP contribution in [0.25, 0.3) is 11.1 Å². The van der Waals surface area contributed by atoms with E-state index in [2.05, 4.69) is 40.2 Å². The molecule has 1 fully saturated rings. The first kappa shape index (κ1) is 21.3. The van der Waals surface area contributed by atoms with Gasteiger partial charge in [-0.3, -0.25) is 9.58 Å². The van der Waals surface area contributed by atoms with Crippen molar-refractivity contribution in [1.82, 2.24) is 24.6 Å². The maximum absolute atomic E-state index is 5.46. The van der Waals surface area contributed by atoms with Gasteiger partial charge in [0.05, 0.1) is 18.5 Å². The third-order valence-corrected chi connectivity index (χ3v) is 5.99. The van der Waals surface area contributed by atoms with Crippen LogP contribution in [-0.2, 0) is 13.6 Å². The van der Waals surface area contributed by atoms with Gasteiger partial charge in [-0.05, 0) is 44.0 Å². The molecule has 3 heterocycles. The molecule has 0 bridgehead atoms. The molecule has 4 rings (SSSR count). The van der Waals surface area contributed by atoms with Crippen LogP contribution in [0.5, 0.6) is 5.75 Å². The maximum Gasteiger partial charge on any atom is 0.225 e. The lowest BCUT2D eigenvalue weighted by Gasteiger charge is -2.33. The summed E-state index contributed by atoms with van der Waals surface area (Å²) in [5.41, 5.74) is 5.72. The summed E-state index contributed by atoms with van der Waals surface area (Å²) in [6, 6.07) is 8.17. The summed E-state index contributed by atoms with van der Waals surface area (Å²) in [7, 11) is 7.66. The number of aryl methyl sites for hydroxylation is 2. The van der Waals surface area contributed by atoms with E-state index in [1.165, 1.54) is 5.56 Å². The van der Waals surface area contributed by atoms with Gasteiger partial charge in [0.25, 0.3) is 0 Å². The second-order valence-corrected chi connectivity index (χ2v) is 8.58. The molecule has 0 saturated carbocycles. The van der Waals surface area contributed by atoms with Crippen LogP contribution in [0.2, 0.25) is 0 Å². The number of rotatable bonds is 6. The Balaban J connectivity index is 1.66. The lowest BCUT2D eigenvalue weighted by molar-refractivity contribution is 0.198. The summed E-state index contributed by atoms with van der Waals surface area (Å²) in [6.07, 6.45) is 6.39. The van der Waals surface area contributed by atoms with Crippen LogP contribution in [0.3, 0.4) is 0 Å². The van der Waals surface area contributed by atoms with Crippen LogP contribution >= 0.6 is 0 Å². The van der Waals surface area contributed by atoms with Gasteiger partial charge in [0.1, 0.15) is 5.75 Å². The molecule has 0 aliphatic carbocycles. The highest BCUT2D eigenvalue weighted by Crippen LogP contribution is 2.35. The first-order chi connectivity index (χ1) is 14.9. The molecule has 7 heteroatoms. The summed E-state index contributed by atoms with van der Waals surface area (Å²) in [4.78, 5) is 14.1. The average molecular weight is 421 g/mol. The van der Waals surface area contributed by atoms with Crippen molar-refractivity contribution >= 4 is 5.95 Å². The van der Waals surface area contributed by atoms with Crippen molar-refractivity contribution in [2.75, 3.05) is 39.2 Å². The maximum atomic E-state index is 5.46. The highest BCUT2D eigenvalue weighted by Gasteiger charge is 2.26. The molecule has 0 radical (unpaired) electrons. The molecule has 2 aromatic heterocycles. The largest absolute Gasteiger partial charge is 0.497 e. The molecule has 31 heavy (non-hydrogen) atoms. The zero-order valence-electron chi connectivity index (χ0n) is 19.2. The van der Waals surface area contributed by atoms with Gasteiger partial charge in [-0.15, -0.1) is 0 Å². The molecule has 164 valence electrons. The fraction of sp³-hybridized carbons (Fsp3) is 0.458. The molecule has 7 nitrogen and oxygen atoms in total. The minimum absolute atomic E-state index is 0.355. The number of anilines is 1. The Morgan fingerprint density at radius 2 is 2.10 bits per heavy atom. The van der Waals surface area contributed by atoms with E-state index in [0.717, 1.165) is 66.7 Å². The van der Waals surface area contributed by atoms with E-state index in [9.17, 15) is 0 Å². The van der Waals surface area contributed by atoms with Crippen LogP contribution in [0.15, 0.2) is 36.7 Å². The van der Waals surface area contributed by atoms with Gasteiger partial charge in [-0.25, -0.2) is 9.97 Å². The van der Waals surface area contributed by atoms with E-state index in [1.807, 2.05) is 49.1 Å². The minimum atomic E-state index is 0.355. The molecule has 0 spiro atoms. The minimum Gasteiger partial charge on any atom is -0.497 e. The molecule has 1 saturated heterocycles. The summed E-state index contributed by atoms with van der Waals surface area (Å²) in [5.74, 6) is 1.95. The van der Waals surface area contributed by atoms with E-state index in [-0.39, 0.29) is 0 Å². The highest BCUT2D eigenvalue weighted by molar-refractivity contribution is 5.68. The van der Waals surface area contributed by atoms with Gasteiger partial charge in [-0.1, -0.05) is 12.1 Å². The Bertz CT molecular complexity index is 1040. The molecule has 0 amide bonds. The first-order valence-electron chi connectivity index (χ1n) is 10.8. The topological polar surface area (TPSA) is 59.3 Å². The number of methoxy groups -OCH3 is 1. The van der Waals surface area contributed by atoms with E-state index in [1.54, 1.807) is 7.11 Å². The predicted octanol–water partition coefficient (Wildman–Crippen LogP) is 3.64.